The maximum atomic E-state index is 10.6. The third kappa shape index (κ3) is 4.48. The molecule has 0 bridgehead atoms. The van der Waals surface area contributed by atoms with Crippen molar-refractivity contribution in [3.05, 3.63) is 113 Å². The van der Waals surface area contributed by atoms with Gasteiger partial charge in [-0.05, 0) is 81.0 Å². The lowest BCUT2D eigenvalue weighted by Crippen LogP contribution is -2.27. The zero-order valence-electron chi connectivity index (χ0n) is 21.9. The van der Waals surface area contributed by atoms with Crippen LogP contribution < -0.4 is 0 Å². The molecule has 0 aliphatic heterocycles. The lowest BCUT2D eigenvalue weighted by atomic mass is 9.64. The van der Waals surface area contributed by atoms with Gasteiger partial charge in [-0.3, -0.25) is 0 Å². The SMILES string of the molecule is Cc1ccc2ccc3c(c2c1)C(C)(C)CC1=C3C=CC(C)(C)C1.O=C(O)c1ccc2ccccc2c1. The van der Waals surface area contributed by atoms with Gasteiger partial charge in [0.2, 0.25) is 0 Å². The second-order valence-corrected chi connectivity index (χ2v) is 11.7. The van der Waals surface area contributed by atoms with E-state index in [1.165, 1.54) is 40.3 Å². The van der Waals surface area contributed by atoms with E-state index in [1.54, 1.807) is 23.3 Å². The fraction of sp³-hybridized carbons (Fsp3) is 0.265. The Labute approximate surface area is 214 Å². The number of carboxylic acid groups (broad SMARTS) is 1. The average Bonchev–Trinajstić information content (AvgIpc) is 2.82. The molecule has 0 unspecified atom stereocenters. The van der Waals surface area contributed by atoms with Gasteiger partial charge in [-0.1, -0.05) is 112 Å². The zero-order valence-corrected chi connectivity index (χ0v) is 21.9. The van der Waals surface area contributed by atoms with E-state index < -0.39 is 5.97 Å². The predicted molar refractivity (Wildman–Crippen MR) is 152 cm³/mol. The summed E-state index contributed by atoms with van der Waals surface area (Å²) < 4.78 is 0. The summed E-state index contributed by atoms with van der Waals surface area (Å²) in [6, 6.07) is 24.3. The molecule has 0 radical (unpaired) electrons. The molecule has 2 aliphatic carbocycles. The van der Waals surface area contributed by atoms with Crippen LogP contribution in [-0.4, -0.2) is 11.1 Å². The average molecular weight is 475 g/mol. The molecule has 1 N–H and O–H groups in total. The van der Waals surface area contributed by atoms with Crippen molar-refractivity contribution in [2.75, 3.05) is 0 Å². The summed E-state index contributed by atoms with van der Waals surface area (Å²) in [4.78, 5) is 10.6. The smallest absolute Gasteiger partial charge is 0.335 e. The van der Waals surface area contributed by atoms with Crippen LogP contribution in [0.5, 0.6) is 0 Å². The molecule has 6 rings (SSSR count). The highest BCUT2D eigenvalue weighted by Gasteiger charge is 2.36. The van der Waals surface area contributed by atoms with Crippen LogP contribution in [-0.2, 0) is 5.41 Å². The second-order valence-electron chi connectivity index (χ2n) is 11.7. The van der Waals surface area contributed by atoms with E-state index >= 15 is 0 Å². The van der Waals surface area contributed by atoms with E-state index in [0.717, 1.165) is 10.8 Å². The highest BCUT2D eigenvalue weighted by atomic mass is 16.4. The van der Waals surface area contributed by atoms with Gasteiger partial charge in [0.15, 0.2) is 0 Å². The highest BCUT2D eigenvalue weighted by molar-refractivity contribution is 5.96. The van der Waals surface area contributed by atoms with Crippen LogP contribution >= 0.6 is 0 Å². The summed E-state index contributed by atoms with van der Waals surface area (Å²) in [6.45, 7) is 11.7. The largest absolute Gasteiger partial charge is 0.478 e. The van der Waals surface area contributed by atoms with Gasteiger partial charge in [0.25, 0.3) is 0 Å². The molecule has 36 heavy (non-hydrogen) atoms. The van der Waals surface area contributed by atoms with Gasteiger partial charge in [-0.25, -0.2) is 4.79 Å². The van der Waals surface area contributed by atoms with Crippen LogP contribution in [0, 0.1) is 12.3 Å². The Bertz CT molecular complexity index is 1560. The number of hydrogen-bond acceptors (Lipinski definition) is 1. The van der Waals surface area contributed by atoms with Crippen LogP contribution in [0.4, 0.5) is 0 Å². The minimum absolute atomic E-state index is 0.197. The first-order valence-corrected chi connectivity index (χ1v) is 12.7. The van der Waals surface area contributed by atoms with Gasteiger partial charge in [0, 0.05) is 0 Å². The first-order valence-electron chi connectivity index (χ1n) is 12.7. The lowest BCUT2D eigenvalue weighted by Gasteiger charge is -2.40. The Hall–Kier alpha value is -3.65. The molecule has 4 aromatic rings. The summed E-state index contributed by atoms with van der Waals surface area (Å²) in [5, 5.41) is 13.6. The van der Waals surface area contributed by atoms with Gasteiger partial charge in [-0.2, -0.15) is 0 Å². The summed E-state index contributed by atoms with van der Waals surface area (Å²) >= 11 is 0. The van der Waals surface area contributed by atoms with Gasteiger partial charge in [-0.15, -0.1) is 0 Å². The number of aromatic carboxylic acids is 1. The van der Waals surface area contributed by atoms with Crippen molar-refractivity contribution in [2.45, 2.75) is 52.9 Å². The molecule has 0 fully saturated rings. The third-order valence-corrected chi connectivity index (χ3v) is 7.55. The summed E-state index contributed by atoms with van der Waals surface area (Å²) in [6.07, 6.45) is 7.15. The second kappa shape index (κ2) is 8.78. The van der Waals surface area contributed by atoms with E-state index in [1.807, 2.05) is 30.3 Å². The maximum absolute atomic E-state index is 10.6. The lowest BCUT2D eigenvalue weighted by molar-refractivity contribution is 0.0697. The number of hydrogen-bond donors (Lipinski definition) is 1. The van der Waals surface area contributed by atoms with Crippen molar-refractivity contribution in [3.8, 4) is 0 Å². The quantitative estimate of drug-likeness (QED) is 0.299. The minimum Gasteiger partial charge on any atom is -0.478 e. The molecule has 0 saturated carbocycles. The van der Waals surface area contributed by atoms with Crippen molar-refractivity contribution < 1.29 is 9.90 Å². The molecular formula is C34H34O2. The first-order chi connectivity index (χ1) is 17.0. The Kier molecular flexibility index (Phi) is 5.87. The van der Waals surface area contributed by atoms with Crippen molar-refractivity contribution in [2.24, 2.45) is 5.41 Å². The number of aryl methyl sites for hydroxylation is 1. The molecule has 0 heterocycles. The molecule has 182 valence electrons. The first kappa shape index (κ1) is 24.1. The predicted octanol–water partition coefficient (Wildman–Crippen LogP) is 9.11. The molecule has 2 nitrogen and oxygen atoms in total. The van der Waals surface area contributed by atoms with Crippen LogP contribution in [0.25, 0.3) is 27.1 Å². The van der Waals surface area contributed by atoms with Crippen molar-refractivity contribution in [1.82, 2.24) is 0 Å². The maximum Gasteiger partial charge on any atom is 0.335 e. The van der Waals surface area contributed by atoms with Gasteiger partial charge in [0.1, 0.15) is 0 Å². The Morgan fingerprint density at radius 1 is 0.806 bits per heavy atom. The van der Waals surface area contributed by atoms with E-state index in [2.05, 4.69) is 77.1 Å². The van der Waals surface area contributed by atoms with Crippen LogP contribution in [0.1, 0.15) is 67.6 Å². The number of carbonyl (C=O) groups is 1. The summed E-state index contributed by atoms with van der Waals surface area (Å²) in [5.41, 5.74) is 8.30. The molecule has 0 spiro atoms. The normalized spacial score (nSPS) is 17.2. The third-order valence-electron chi connectivity index (χ3n) is 7.55. The van der Waals surface area contributed by atoms with Gasteiger partial charge in [0.05, 0.1) is 5.56 Å². The molecule has 2 aliphatic rings. The zero-order chi connectivity index (χ0) is 25.7. The summed E-state index contributed by atoms with van der Waals surface area (Å²) in [5.74, 6) is -0.884. The van der Waals surface area contributed by atoms with E-state index in [0.29, 0.717) is 11.0 Å². The van der Waals surface area contributed by atoms with Crippen LogP contribution in [0.2, 0.25) is 0 Å². The van der Waals surface area contributed by atoms with Gasteiger partial charge >= 0.3 is 5.97 Å². The Morgan fingerprint density at radius 2 is 1.50 bits per heavy atom. The molecular weight excluding hydrogens is 440 g/mol. The molecule has 0 atom stereocenters. The van der Waals surface area contributed by atoms with E-state index in [9.17, 15) is 4.79 Å². The van der Waals surface area contributed by atoms with E-state index in [-0.39, 0.29) is 5.41 Å². The highest BCUT2D eigenvalue weighted by Crippen LogP contribution is 2.50. The molecule has 0 aromatic heterocycles. The van der Waals surface area contributed by atoms with Crippen LogP contribution in [0.15, 0.2) is 90.5 Å². The fourth-order valence-electron chi connectivity index (χ4n) is 5.90. The monoisotopic (exact) mass is 474 g/mol. The van der Waals surface area contributed by atoms with Crippen LogP contribution in [0.3, 0.4) is 0 Å². The van der Waals surface area contributed by atoms with Crippen molar-refractivity contribution in [1.29, 1.82) is 0 Å². The number of carboxylic acids is 1. The van der Waals surface area contributed by atoms with Crippen molar-refractivity contribution in [3.63, 3.8) is 0 Å². The number of fused-ring (bicyclic) bond motifs is 5. The standard InChI is InChI=1S/C23H26.C11H8O2/c1-15-6-7-16-8-9-19-18-10-11-22(2,3)13-17(18)14-23(4,5)21(19)20(16)12-15;12-11(13)10-6-5-8-3-1-2-4-9(8)7-10/h6-12H,13-14H2,1-5H3;1-7H,(H,12,13). The molecule has 0 amide bonds. The number of benzene rings is 4. The summed E-state index contributed by atoms with van der Waals surface area (Å²) in [7, 11) is 0. The van der Waals surface area contributed by atoms with Crippen molar-refractivity contribution >= 4 is 33.1 Å². The number of allylic oxidation sites excluding steroid dienone is 4. The van der Waals surface area contributed by atoms with Gasteiger partial charge < -0.3 is 5.11 Å². The molecule has 2 heteroatoms. The fourth-order valence-corrected chi connectivity index (χ4v) is 5.90. The van der Waals surface area contributed by atoms with E-state index in [4.69, 9.17) is 5.11 Å². The topological polar surface area (TPSA) is 37.3 Å². The molecule has 4 aromatic carbocycles. The molecule has 0 saturated heterocycles. The Balaban J connectivity index is 0.000000174. The number of rotatable bonds is 1. The Morgan fingerprint density at radius 3 is 2.25 bits per heavy atom. The minimum atomic E-state index is -0.884.